The highest BCUT2D eigenvalue weighted by Crippen LogP contribution is 2.16. The Morgan fingerprint density at radius 2 is 2.12 bits per heavy atom. The Morgan fingerprint density at radius 3 is 2.88 bits per heavy atom. The maximum Gasteiger partial charge on any atom is 0.227 e. The molecule has 0 aliphatic heterocycles. The zero-order chi connectivity index (χ0) is 17.5. The molecule has 130 valence electrons. The third kappa shape index (κ3) is 5.00. The first-order valence-corrected chi connectivity index (χ1v) is 8.33. The molecule has 0 aliphatic rings. The van der Waals surface area contributed by atoms with Gasteiger partial charge >= 0.3 is 0 Å². The fourth-order valence-electron chi connectivity index (χ4n) is 2.39. The van der Waals surface area contributed by atoms with E-state index >= 15 is 0 Å². The molecule has 7 nitrogen and oxygen atoms in total. The maximum absolute atomic E-state index is 11.9. The van der Waals surface area contributed by atoms with Crippen molar-refractivity contribution in [2.45, 2.75) is 32.7 Å². The van der Waals surface area contributed by atoms with E-state index in [-0.39, 0.29) is 5.91 Å². The minimum absolute atomic E-state index is 0.0132. The van der Waals surface area contributed by atoms with Crippen LogP contribution in [0.1, 0.15) is 24.3 Å². The SMILES string of the molecule is Cc1ccc(-c2noc(CCC(=O)NCCCn3ccnc3)n2)cc1. The van der Waals surface area contributed by atoms with Gasteiger partial charge in [-0.1, -0.05) is 35.0 Å². The molecule has 2 aromatic heterocycles. The van der Waals surface area contributed by atoms with Gasteiger partial charge in [0, 0.05) is 43.9 Å². The summed E-state index contributed by atoms with van der Waals surface area (Å²) in [6.07, 6.45) is 7.05. The van der Waals surface area contributed by atoms with Gasteiger partial charge < -0.3 is 14.4 Å². The minimum atomic E-state index is -0.0132. The van der Waals surface area contributed by atoms with Gasteiger partial charge in [0.05, 0.1) is 6.33 Å². The summed E-state index contributed by atoms with van der Waals surface area (Å²) in [6, 6.07) is 7.92. The molecule has 3 rings (SSSR count). The van der Waals surface area contributed by atoms with Crippen LogP contribution in [0.15, 0.2) is 47.5 Å². The molecular formula is C18H21N5O2. The third-order valence-corrected chi connectivity index (χ3v) is 3.82. The molecule has 1 amide bonds. The summed E-state index contributed by atoms with van der Waals surface area (Å²) >= 11 is 0. The second-order valence-electron chi connectivity index (χ2n) is 5.88. The van der Waals surface area contributed by atoms with Gasteiger partial charge in [0.15, 0.2) is 0 Å². The van der Waals surface area contributed by atoms with Crippen molar-refractivity contribution in [3.8, 4) is 11.4 Å². The Balaban J connectivity index is 1.39. The lowest BCUT2D eigenvalue weighted by Crippen LogP contribution is -2.25. The van der Waals surface area contributed by atoms with E-state index in [0.29, 0.717) is 31.1 Å². The second kappa shape index (κ2) is 8.23. The van der Waals surface area contributed by atoms with Gasteiger partial charge in [-0.25, -0.2) is 4.98 Å². The highest BCUT2D eigenvalue weighted by molar-refractivity contribution is 5.75. The van der Waals surface area contributed by atoms with Gasteiger partial charge in [0.2, 0.25) is 17.6 Å². The van der Waals surface area contributed by atoms with Gasteiger partial charge in [-0.2, -0.15) is 4.98 Å². The number of nitrogens with one attached hydrogen (secondary N) is 1. The third-order valence-electron chi connectivity index (χ3n) is 3.82. The maximum atomic E-state index is 11.9. The number of aryl methyl sites for hydroxylation is 3. The van der Waals surface area contributed by atoms with Gasteiger partial charge in [-0.3, -0.25) is 4.79 Å². The monoisotopic (exact) mass is 339 g/mol. The molecule has 0 aliphatic carbocycles. The minimum Gasteiger partial charge on any atom is -0.356 e. The van der Waals surface area contributed by atoms with Crippen LogP contribution < -0.4 is 5.32 Å². The first-order chi connectivity index (χ1) is 12.2. The molecule has 0 saturated carbocycles. The fourth-order valence-corrected chi connectivity index (χ4v) is 2.39. The molecular weight excluding hydrogens is 318 g/mol. The Kier molecular flexibility index (Phi) is 5.56. The van der Waals surface area contributed by atoms with E-state index in [9.17, 15) is 4.79 Å². The summed E-state index contributed by atoms with van der Waals surface area (Å²) in [5.74, 6) is 1.01. The predicted molar refractivity (Wildman–Crippen MR) is 92.6 cm³/mol. The lowest BCUT2D eigenvalue weighted by atomic mass is 10.1. The summed E-state index contributed by atoms with van der Waals surface area (Å²) in [6.45, 7) is 3.50. The number of nitrogens with zero attached hydrogens (tertiary/aromatic N) is 4. The number of hydrogen-bond donors (Lipinski definition) is 1. The molecule has 0 saturated heterocycles. The molecule has 0 spiro atoms. The van der Waals surface area contributed by atoms with Crippen molar-refractivity contribution in [2.24, 2.45) is 0 Å². The van der Waals surface area contributed by atoms with Crippen LogP contribution in [0.2, 0.25) is 0 Å². The number of benzene rings is 1. The lowest BCUT2D eigenvalue weighted by Gasteiger charge is -2.04. The number of amides is 1. The Hall–Kier alpha value is -2.96. The van der Waals surface area contributed by atoms with Crippen molar-refractivity contribution >= 4 is 5.91 Å². The van der Waals surface area contributed by atoms with E-state index < -0.39 is 0 Å². The average molecular weight is 339 g/mol. The quantitative estimate of drug-likeness (QED) is 0.637. The highest BCUT2D eigenvalue weighted by Gasteiger charge is 2.10. The summed E-state index contributed by atoms with van der Waals surface area (Å²) < 4.78 is 7.21. The molecule has 7 heteroatoms. The number of hydrogen-bond acceptors (Lipinski definition) is 5. The predicted octanol–water partition coefficient (Wildman–Crippen LogP) is 2.38. The van der Waals surface area contributed by atoms with Crippen LogP contribution in [0.3, 0.4) is 0 Å². The molecule has 1 N–H and O–H groups in total. The van der Waals surface area contributed by atoms with Gasteiger partial charge in [-0.05, 0) is 13.3 Å². The first-order valence-electron chi connectivity index (χ1n) is 8.33. The lowest BCUT2D eigenvalue weighted by molar-refractivity contribution is -0.121. The van der Waals surface area contributed by atoms with E-state index in [1.54, 1.807) is 12.5 Å². The number of carbonyl (C=O) groups excluding carboxylic acids is 1. The van der Waals surface area contributed by atoms with Crippen molar-refractivity contribution < 1.29 is 9.32 Å². The molecule has 3 aromatic rings. The van der Waals surface area contributed by atoms with Crippen LogP contribution in [0, 0.1) is 6.92 Å². The Bertz CT molecular complexity index is 793. The average Bonchev–Trinajstić information content (AvgIpc) is 3.29. The van der Waals surface area contributed by atoms with E-state index in [2.05, 4.69) is 20.4 Å². The molecule has 25 heavy (non-hydrogen) atoms. The van der Waals surface area contributed by atoms with Crippen LogP contribution in [-0.4, -0.2) is 32.1 Å². The Labute approximate surface area is 146 Å². The van der Waals surface area contributed by atoms with Gasteiger partial charge in [0.25, 0.3) is 0 Å². The summed E-state index contributed by atoms with van der Waals surface area (Å²) in [7, 11) is 0. The van der Waals surface area contributed by atoms with Gasteiger partial charge in [0.1, 0.15) is 0 Å². The topological polar surface area (TPSA) is 85.8 Å². The van der Waals surface area contributed by atoms with Crippen LogP contribution in [0.5, 0.6) is 0 Å². The van der Waals surface area contributed by atoms with E-state index in [4.69, 9.17) is 4.52 Å². The molecule has 0 fully saturated rings. The molecule has 0 atom stereocenters. The van der Waals surface area contributed by atoms with E-state index in [1.165, 1.54) is 5.56 Å². The number of aromatic nitrogens is 4. The van der Waals surface area contributed by atoms with Gasteiger partial charge in [-0.15, -0.1) is 0 Å². The normalized spacial score (nSPS) is 10.8. The fraction of sp³-hybridized carbons (Fsp3) is 0.333. The van der Waals surface area contributed by atoms with E-state index in [1.807, 2.05) is 42.0 Å². The number of carbonyl (C=O) groups is 1. The van der Waals surface area contributed by atoms with Crippen LogP contribution in [0.4, 0.5) is 0 Å². The molecule has 0 radical (unpaired) electrons. The van der Waals surface area contributed by atoms with E-state index in [0.717, 1.165) is 18.5 Å². The summed E-state index contributed by atoms with van der Waals surface area (Å²) in [5.41, 5.74) is 2.08. The summed E-state index contributed by atoms with van der Waals surface area (Å²) in [4.78, 5) is 20.2. The number of imidazole rings is 1. The molecule has 1 aromatic carbocycles. The van der Waals surface area contributed by atoms with Crippen molar-refractivity contribution in [3.05, 3.63) is 54.4 Å². The zero-order valence-electron chi connectivity index (χ0n) is 14.2. The van der Waals surface area contributed by atoms with Crippen molar-refractivity contribution in [2.75, 3.05) is 6.54 Å². The van der Waals surface area contributed by atoms with Crippen LogP contribution in [0.25, 0.3) is 11.4 Å². The first kappa shape index (κ1) is 16.9. The summed E-state index contributed by atoms with van der Waals surface area (Å²) in [5, 5.41) is 6.87. The zero-order valence-corrected chi connectivity index (χ0v) is 14.2. The number of rotatable bonds is 8. The molecule has 2 heterocycles. The Morgan fingerprint density at radius 1 is 1.28 bits per heavy atom. The standard InChI is InChI=1S/C18H21N5O2/c1-14-3-5-15(6-4-14)18-21-17(25-22-18)8-7-16(24)20-9-2-11-23-12-10-19-13-23/h3-6,10,12-13H,2,7-9,11H2,1H3,(H,20,24). The molecule has 0 unspecified atom stereocenters. The molecule has 0 bridgehead atoms. The van der Waals surface area contributed by atoms with Crippen LogP contribution in [-0.2, 0) is 17.8 Å². The highest BCUT2D eigenvalue weighted by atomic mass is 16.5. The smallest absolute Gasteiger partial charge is 0.227 e. The van der Waals surface area contributed by atoms with Crippen molar-refractivity contribution in [1.29, 1.82) is 0 Å². The van der Waals surface area contributed by atoms with Crippen molar-refractivity contribution in [1.82, 2.24) is 25.0 Å². The largest absolute Gasteiger partial charge is 0.356 e. The second-order valence-corrected chi connectivity index (χ2v) is 5.88. The van der Waals surface area contributed by atoms with Crippen LogP contribution >= 0.6 is 0 Å². The van der Waals surface area contributed by atoms with Crippen molar-refractivity contribution in [3.63, 3.8) is 0 Å².